The van der Waals surface area contributed by atoms with E-state index in [0.717, 1.165) is 44.9 Å². The zero-order valence-corrected chi connectivity index (χ0v) is 13.0. The first kappa shape index (κ1) is 14.7. The standard InChI is InChI=1S/C16H21N3O4/c20-15(17-9-13-2-1-6-22-13)14-8-16(23-18-14)4-5-19(11-16)12-3-7-21-10-12/h1-2,6,12H,3-5,7-11H2,(H,17,20)/t12-,16-/m0/s1. The third-order valence-electron chi connectivity index (χ3n) is 4.87. The number of rotatable bonds is 4. The number of hydrogen-bond donors (Lipinski definition) is 1. The van der Waals surface area contributed by atoms with Crippen LogP contribution in [0.15, 0.2) is 28.0 Å². The van der Waals surface area contributed by atoms with Crippen LogP contribution in [0.1, 0.15) is 25.0 Å². The van der Waals surface area contributed by atoms with Crippen molar-refractivity contribution in [1.29, 1.82) is 0 Å². The first-order valence-corrected chi connectivity index (χ1v) is 8.12. The number of nitrogens with zero attached hydrogens (tertiary/aromatic N) is 2. The predicted molar refractivity (Wildman–Crippen MR) is 81.8 cm³/mol. The smallest absolute Gasteiger partial charge is 0.269 e. The molecule has 1 spiro atoms. The third kappa shape index (κ3) is 2.98. The van der Waals surface area contributed by atoms with Crippen molar-refractivity contribution in [2.45, 2.75) is 37.5 Å². The maximum absolute atomic E-state index is 12.2. The Balaban J connectivity index is 1.30. The first-order valence-electron chi connectivity index (χ1n) is 8.12. The molecule has 0 saturated carbocycles. The number of hydrogen-bond acceptors (Lipinski definition) is 6. The monoisotopic (exact) mass is 319 g/mol. The Labute approximate surface area is 134 Å². The van der Waals surface area contributed by atoms with E-state index in [1.807, 2.05) is 6.07 Å². The van der Waals surface area contributed by atoms with Crippen LogP contribution < -0.4 is 5.32 Å². The van der Waals surface area contributed by atoms with Crippen LogP contribution in [0.2, 0.25) is 0 Å². The molecule has 1 aromatic rings. The van der Waals surface area contributed by atoms with Gasteiger partial charge >= 0.3 is 0 Å². The van der Waals surface area contributed by atoms with E-state index in [1.165, 1.54) is 0 Å². The van der Waals surface area contributed by atoms with Gasteiger partial charge in [0, 0.05) is 38.6 Å². The van der Waals surface area contributed by atoms with E-state index in [9.17, 15) is 4.79 Å². The second-order valence-corrected chi connectivity index (χ2v) is 6.49. The maximum Gasteiger partial charge on any atom is 0.269 e. The fourth-order valence-electron chi connectivity index (χ4n) is 3.54. The van der Waals surface area contributed by atoms with E-state index in [4.69, 9.17) is 14.0 Å². The van der Waals surface area contributed by atoms with Crippen LogP contribution in [0, 0.1) is 0 Å². The number of likely N-dealkylation sites (tertiary alicyclic amines) is 1. The van der Waals surface area contributed by atoms with Crippen LogP contribution in [-0.4, -0.2) is 54.5 Å². The highest BCUT2D eigenvalue weighted by molar-refractivity contribution is 6.39. The molecule has 7 heteroatoms. The van der Waals surface area contributed by atoms with Gasteiger partial charge in [-0.2, -0.15) is 0 Å². The van der Waals surface area contributed by atoms with Crippen molar-refractivity contribution in [2.75, 3.05) is 26.3 Å². The number of furan rings is 1. The summed E-state index contributed by atoms with van der Waals surface area (Å²) in [6.45, 7) is 3.80. The summed E-state index contributed by atoms with van der Waals surface area (Å²) >= 11 is 0. The molecule has 1 N–H and O–H groups in total. The zero-order valence-electron chi connectivity index (χ0n) is 13.0. The minimum Gasteiger partial charge on any atom is -0.467 e. The van der Waals surface area contributed by atoms with E-state index in [0.29, 0.717) is 24.7 Å². The van der Waals surface area contributed by atoms with Gasteiger partial charge in [0.25, 0.3) is 5.91 Å². The molecule has 0 unspecified atom stereocenters. The summed E-state index contributed by atoms with van der Waals surface area (Å²) in [5, 5.41) is 6.87. The molecule has 0 radical (unpaired) electrons. The zero-order chi connectivity index (χ0) is 15.7. The van der Waals surface area contributed by atoms with Crippen LogP contribution >= 0.6 is 0 Å². The number of carbonyl (C=O) groups excluding carboxylic acids is 1. The highest BCUT2D eigenvalue weighted by Gasteiger charge is 2.48. The van der Waals surface area contributed by atoms with Crippen molar-refractivity contribution < 1.29 is 18.8 Å². The minimum absolute atomic E-state index is 0.180. The van der Waals surface area contributed by atoms with Crippen LogP contribution in [-0.2, 0) is 20.9 Å². The van der Waals surface area contributed by atoms with Gasteiger partial charge in [-0.15, -0.1) is 0 Å². The lowest BCUT2D eigenvalue weighted by Gasteiger charge is -2.25. The molecule has 2 fully saturated rings. The summed E-state index contributed by atoms with van der Waals surface area (Å²) in [6.07, 6.45) is 4.14. The predicted octanol–water partition coefficient (Wildman–Crippen LogP) is 0.905. The molecule has 4 rings (SSSR count). The van der Waals surface area contributed by atoms with Crippen molar-refractivity contribution in [3.8, 4) is 0 Å². The van der Waals surface area contributed by atoms with Gasteiger partial charge < -0.3 is 19.3 Å². The molecular formula is C16H21N3O4. The maximum atomic E-state index is 12.2. The molecule has 23 heavy (non-hydrogen) atoms. The lowest BCUT2D eigenvalue weighted by molar-refractivity contribution is -0.115. The Morgan fingerprint density at radius 1 is 1.52 bits per heavy atom. The minimum atomic E-state index is -0.333. The Kier molecular flexibility index (Phi) is 3.82. The number of ether oxygens (including phenoxy) is 1. The average Bonchev–Trinajstić information content (AvgIpc) is 3.35. The summed E-state index contributed by atoms with van der Waals surface area (Å²) in [7, 11) is 0. The number of carbonyl (C=O) groups is 1. The van der Waals surface area contributed by atoms with Crippen LogP contribution in [0.3, 0.4) is 0 Å². The second kappa shape index (κ2) is 5.98. The molecule has 4 heterocycles. The molecular weight excluding hydrogens is 298 g/mol. The van der Waals surface area contributed by atoms with Gasteiger partial charge in [-0.05, 0) is 18.6 Å². The summed E-state index contributed by atoms with van der Waals surface area (Å²) in [6, 6.07) is 4.11. The van der Waals surface area contributed by atoms with Crippen molar-refractivity contribution in [1.82, 2.24) is 10.2 Å². The van der Waals surface area contributed by atoms with E-state index in [-0.39, 0.29) is 11.5 Å². The SMILES string of the molecule is O=C(NCc1ccco1)C1=NO[C@@]2(CCN([C@H]3CCOC3)C2)C1. The van der Waals surface area contributed by atoms with Gasteiger partial charge in [0.1, 0.15) is 11.5 Å². The van der Waals surface area contributed by atoms with E-state index in [1.54, 1.807) is 12.3 Å². The molecule has 0 bridgehead atoms. The van der Waals surface area contributed by atoms with Crippen LogP contribution in [0.4, 0.5) is 0 Å². The molecule has 3 aliphatic heterocycles. The Morgan fingerprint density at radius 3 is 3.26 bits per heavy atom. The van der Waals surface area contributed by atoms with Crippen molar-refractivity contribution in [3.63, 3.8) is 0 Å². The quantitative estimate of drug-likeness (QED) is 0.892. The van der Waals surface area contributed by atoms with Crippen molar-refractivity contribution >= 4 is 11.6 Å². The lowest BCUT2D eigenvalue weighted by Crippen LogP contribution is -2.40. The van der Waals surface area contributed by atoms with E-state index < -0.39 is 0 Å². The molecule has 7 nitrogen and oxygen atoms in total. The van der Waals surface area contributed by atoms with Gasteiger partial charge in [0.05, 0.1) is 19.4 Å². The second-order valence-electron chi connectivity index (χ2n) is 6.49. The molecule has 124 valence electrons. The van der Waals surface area contributed by atoms with Gasteiger partial charge in [0.15, 0.2) is 5.60 Å². The van der Waals surface area contributed by atoms with Gasteiger partial charge in [-0.3, -0.25) is 9.69 Å². The summed E-state index contributed by atoms with van der Waals surface area (Å²) < 4.78 is 10.7. The normalized spacial score (nSPS) is 30.6. The summed E-state index contributed by atoms with van der Waals surface area (Å²) in [5.74, 6) is 0.543. The molecule has 2 atom stereocenters. The van der Waals surface area contributed by atoms with Gasteiger partial charge in [-0.25, -0.2) is 0 Å². The Morgan fingerprint density at radius 2 is 2.48 bits per heavy atom. The van der Waals surface area contributed by atoms with Crippen LogP contribution in [0.25, 0.3) is 0 Å². The van der Waals surface area contributed by atoms with E-state index >= 15 is 0 Å². The largest absolute Gasteiger partial charge is 0.467 e. The van der Waals surface area contributed by atoms with Crippen molar-refractivity contribution in [2.24, 2.45) is 5.16 Å². The highest BCUT2D eigenvalue weighted by Crippen LogP contribution is 2.35. The average molecular weight is 319 g/mol. The lowest BCUT2D eigenvalue weighted by atomic mass is 9.96. The summed E-state index contributed by atoms with van der Waals surface area (Å²) in [4.78, 5) is 20.3. The fraction of sp³-hybridized carbons (Fsp3) is 0.625. The molecule has 2 saturated heterocycles. The molecule has 1 aromatic heterocycles. The molecule has 0 aromatic carbocycles. The van der Waals surface area contributed by atoms with Gasteiger partial charge in [0.2, 0.25) is 0 Å². The van der Waals surface area contributed by atoms with Crippen LogP contribution in [0.5, 0.6) is 0 Å². The molecule has 3 aliphatic rings. The highest BCUT2D eigenvalue weighted by atomic mass is 16.7. The number of amides is 1. The third-order valence-corrected chi connectivity index (χ3v) is 4.87. The summed E-state index contributed by atoms with van der Waals surface area (Å²) in [5.41, 5.74) is 0.140. The first-order chi connectivity index (χ1) is 11.2. The Hall–Kier alpha value is -1.86. The molecule has 1 amide bonds. The van der Waals surface area contributed by atoms with Crippen molar-refractivity contribution in [3.05, 3.63) is 24.2 Å². The number of oxime groups is 1. The van der Waals surface area contributed by atoms with E-state index in [2.05, 4.69) is 15.4 Å². The van der Waals surface area contributed by atoms with Gasteiger partial charge in [-0.1, -0.05) is 5.16 Å². The topological polar surface area (TPSA) is 76.3 Å². The molecule has 0 aliphatic carbocycles. The fourth-order valence-corrected chi connectivity index (χ4v) is 3.54. The number of nitrogens with one attached hydrogen (secondary N) is 1. The Bertz CT molecular complexity index is 594.